The van der Waals surface area contributed by atoms with Gasteiger partial charge in [-0.2, -0.15) is 0 Å². The first-order chi connectivity index (χ1) is 9.57. The molecule has 2 aliphatic rings. The summed E-state index contributed by atoms with van der Waals surface area (Å²) in [6.07, 6.45) is 4.24. The van der Waals surface area contributed by atoms with Crippen LogP contribution in [0.4, 0.5) is 0 Å². The minimum Gasteiger partial charge on any atom is -0.394 e. The Morgan fingerprint density at radius 2 is 2.40 bits per heavy atom. The van der Waals surface area contributed by atoms with E-state index in [-0.39, 0.29) is 30.0 Å². The van der Waals surface area contributed by atoms with E-state index in [0.717, 1.165) is 17.8 Å². The zero-order chi connectivity index (χ0) is 14.3. The number of Topliss-reactive ketones (excluding diaryl/α,β-unsaturated/α-hetero) is 1. The normalized spacial score (nSPS) is 36.8. The van der Waals surface area contributed by atoms with Gasteiger partial charge >= 0.3 is 0 Å². The van der Waals surface area contributed by atoms with E-state index in [1.54, 1.807) is 17.5 Å². The first-order valence-corrected chi connectivity index (χ1v) is 8.26. The van der Waals surface area contributed by atoms with Crippen molar-refractivity contribution in [3.63, 3.8) is 0 Å². The molecule has 5 heteroatoms. The largest absolute Gasteiger partial charge is 0.394 e. The molecule has 1 saturated carbocycles. The Morgan fingerprint density at radius 3 is 3.00 bits per heavy atom. The minimum absolute atomic E-state index is 0.00736. The number of aliphatic hydroxyl groups excluding tert-OH is 1. The van der Waals surface area contributed by atoms with Gasteiger partial charge in [-0.15, -0.1) is 11.3 Å². The van der Waals surface area contributed by atoms with Gasteiger partial charge < -0.3 is 5.11 Å². The lowest BCUT2D eigenvalue weighted by Gasteiger charge is -2.35. The van der Waals surface area contributed by atoms with E-state index >= 15 is 0 Å². The Labute approximate surface area is 123 Å². The molecule has 0 amide bonds. The van der Waals surface area contributed by atoms with Crippen molar-refractivity contribution in [2.45, 2.75) is 44.7 Å². The highest BCUT2D eigenvalue weighted by Crippen LogP contribution is 2.52. The highest BCUT2D eigenvalue weighted by atomic mass is 32.1. The Hall–Kier alpha value is -0.780. The average Bonchev–Trinajstić information content (AvgIpc) is 3.08. The van der Waals surface area contributed by atoms with Crippen LogP contribution in [0.15, 0.2) is 11.6 Å². The summed E-state index contributed by atoms with van der Waals surface area (Å²) in [5.41, 5.74) is -0.318. The first kappa shape index (κ1) is 14.2. The molecule has 110 valence electrons. The van der Waals surface area contributed by atoms with Crippen LogP contribution in [0.5, 0.6) is 0 Å². The molecule has 2 fully saturated rings. The van der Waals surface area contributed by atoms with E-state index in [1.165, 1.54) is 0 Å². The fourth-order valence-corrected chi connectivity index (χ4v) is 4.92. The van der Waals surface area contributed by atoms with Crippen LogP contribution < -0.4 is 5.32 Å². The molecule has 0 bridgehead atoms. The Morgan fingerprint density at radius 1 is 1.60 bits per heavy atom. The van der Waals surface area contributed by atoms with Gasteiger partial charge in [-0.05, 0) is 24.7 Å². The zero-order valence-electron chi connectivity index (χ0n) is 12.0. The highest BCUT2D eigenvalue weighted by molar-refractivity contribution is 7.09. The van der Waals surface area contributed by atoms with Crippen LogP contribution in [0.3, 0.4) is 0 Å². The molecule has 1 aromatic rings. The van der Waals surface area contributed by atoms with E-state index < -0.39 is 0 Å². The second-order valence-corrected chi connectivity index (χ2v) is 7.47. The first-order valence-electron chi connectivity index (χ1n) is 7.38. The molecule has 0 radical (unpaired) electrons. The van der Waals surface area contributed by atoms with E-state index in [0.29, 0.717) is 18.1 Å². The predicted molar refractivity (Wildman–Crippen MR) is 78.5 cm³/mol. The molecule has 1 unspecified atom stereocenters. The monoisotopic (exact) mass is 294 g/mol. The van der Waals surface area contributed by atoms with Gasteiger partial charge in [0.1, 0.15) is 10.8 Å². The summed E-state index contributed by atoms with van der Waals surface area (Å²) >= 11 is 1.59. The third-order valence-electron chi connectivity index (χ3n) is 4.79. The number of nitrogens with one attached hydrogen (secondary N) is 1. The van der Waals surface area contributed by atoms with Gasteiger partial charge in [-0.25, -0.2) is 4.98 Å². The predicted octanol–water partition coefficient (Wildman–Crippen LogP) is 2.16. The number of fused-ring (bicyclic) bond motifs is 1. The summed E-state index contributed by atoms with van der Waals surface area (Å²) in [5, 5.41) is 16.6. The molecule has 1 aliphatic carbocycles. The van der Waals surface area contributed by atoms with E-state index in [2.05, 4.69) is 24.1 Å². The summed E-state index contributed by atoms with van der Waals surface area (Å²) < 4.78 is 0. The van der Waals surface area contributed by atoms with Gasteiger partial charge in [0, 0.05) is 29.5 Å². The molecule has 4 atom stereocenters. The van der Waals surface area contributed by atoms with Crippen LogP contribution in [0.25, 0.3) is 0 Å². The minimum atomic E-state index is -0.318. The summed E-state index contributed by atoms with van der Waals surface area (Å²) in [6, 6.07) is -0.0131. The number of aromatic nitrogens is 1. The number of carbonyl (C=O) groups excluding carboxylic acids is 1. The van der Waals surface area contributed by atoms with Crippen molar-refractivity contribution in [3.8, 4) is 0 Å². The van der Waals surface area contributed by atoms with E-state index in [4.69, 9.17) is 0 Å². The summed E-state index contributed by atoms with van der Waals surface area (Å²) in [4.78, 5) is 16.7. The Kier molecular flexibility index (Phi) is 3.69. The summed E-state index contributed by atoms with van der Waals surface area (Å²) in [7, 11) is 0. The van der Waals surface area contributed by atoms with E-state index in [1.807, 2.05) is 5.38 Å². The molecule has 2 N–H and O–H groups in total. The topological polar surface area (TPSA) is 62.2 Å². The number of carbonyl (C=O) groups is 1. The number of aliphatic hydroxyl groups is 1. The molecule has 3 rings (SSSR count). The van der Waals surface area contributed by atoms with Gasteiger partial charge in [-0.3, -0.25) is 10.1 Å². The number of hydrogen-bond donors (Lipinski definition) is 2. The van der Waals surface area contributed by atoms with E-state index in [9.17, 15) is 9.90 Å². The highest BCUT2D eigenvalue weighted by Gasteiger charge is 2.58. The van der Waals surface area contributed by atoms with Crippen LogP contribution >= 0.6 is 11.3 Å². The van der Waals surface area contributed by atoms with Gasteiger partial charge in [0.05, 0.1) is 12.6 Å². The second-order valence-electron chi connectivity index (χ2n) is 6.54. The maximum atomic E-state index is 12.3. The maximum Gasteiger partial charge on any atom is 0.138 e. The molecule has 1 aromatic heterocycles. The average molecular weight is 294 g/mol. The smallest absolute Gasteiger partial charge is 0.138 e. The fraction of sp³-hybridized carbons (Fsp3) is 0.733. The lowest BCUT2D eigenvalue weighted by molar-refractivity contribution is -0.121. The molecular weight excluding hydrogens is 272 g/mol. The number of hydrogen-bond acceptors (Lipinski definition) is 5. The van der Waals surface area contributed by atoms with Crippen LogP contribution in [-0.2, 0) is 4.79 Å². The van der Waals surface area contributed by atoms with Crippen molar-refractivity contribution in [3.05, 3.63) is 16.6 Å². The van der Waals surface area contributed by atoms with Crippen molar-refractivity contribution in [1.29, 1.82) is 0 Å². The summed E-state index contributed by atoms with van der Waals surface area (Å²) in [5.74, 6) is 1.06. The number of nitrogens with zero attached hydrogens (tertiary/aromatic N) is 1. The van der Waals surface area contributed by atoms with Crippen LogP contribution in [0.1, 0.15) is 44.2 Å². The van der Waals surface area contributed by atoms with Gasteiger partial charge in [0.2, 0.25) is 0 Å². The zero-order valence-corrected chi connectivity index (χ0v) is 12.8. The Bertz CT molecular complexity index is 488. The van der Waals surface area contributed by atoms with Crippen LogP contribution in [0.2, 0.25) is 0 Å². The SMILES string of the molecule is CC(C)C[C@]1(CO)N[C@@H](c2nccs2)[C@H]2C(=O)CCC21. The van der Waals surface area contributed by atoms with Gasteiger partial charge in [-0.1, -0.05) is 13.8 Å². The maximum absolute atomic E-state index is 12.3. The molecule has 4 nitrogen and oxygen atoms in total. The second kappa shape index (κ2) is 5.20. The molecule has 1 saturated heterocycles. The Balaban J connectivity index is 1.97. The van der Waals surface area contributed by atoms with Crippen molar-refractivity contribution in [2.24, 2.45) is 17.8 Å². The number of thiazole rings is 1. The van der Waals surface area contributed by atoms with Crippen molar-refractivity contribution >= 4 is 17.1 Å². The third-order valence-corrected chi connectivity index (χ3v) is 5.65. The third kappa shape index (κ3) is 2.12. The van der Waals surface area contributed by atoms with Crippen molar-refractivity contribution in [2.75, 3.05) is 6.61 Å². The fourth-order valence-electron chi connectivity index (χ4n) is 4.18. The molecule has 1 aliphatic heterocycles. The quantitative estimate of drug-likeness (QED) is 0.893. The number of ketones is 1. The van der Waals surface area contributed by atoms with Crippen molar-refractivity contribution < 1.29 is 9.90 Å². The van der Waals surface area contributed by atoms with Crippen LogP contribution in [-0.4, -0.2) is 28.0 Å². The molecule has 0 aromatic carbocycles. The molecule has 20 heavy (non-hydrogen) atoms. The van der Waals surface area contributed by atoms with Gasteiger partial charge in [0.15, 0.2) is 0 Å². The molecule has 0 spiro atoms. The standard InChI is InChI=1S/C15H22N2O2S/c1-9(2)7-15(8-18)10-3-4-11(19)12(10)13(17-15)14-16-5-6-20-14/h5-6,9-10,12-13,17-18H,3-4,7-8H2,1-2H3/t10?,12-,13-,15-/m1/s1. The van der Waals surface area contributed by atoms with Crippen LogP contribution in [0, 0.1) is 17.8 Å². The number of rotatable bonds is 4. The molecule has 2 heterocycles. The lowest BCUT2D eigenvalue weighted by atomic mass is 9.76. The van der Waals surface area contributed by atoms with Gasteiger partial charge in [0.25, 0.3) is 0 Å². The summed E-state index contributed by atoms with van der Waals surface area (Å²) in [6.45, 7) is 4.44. The van der Waals surface area contributed by atoms with Crippen molar-refractivity contribution in [1.82, 2.24) is 10.3 Å². The lowest BCUT2D eigenvalue weighted by Crippen LogP contribution is -2.49. The molecular formula is C15H22N2O2S.